The van der Waals surface area contributed by atoms with Gasteiger partial charge in [-0.25, -0.2) is 0 Å². The van der Waals surface area contributed by atoms with Gasteiger partial charge in [0.25, 0.3) is 11.8 Å². The Bertz CT molecular complexity index is 1020. The molecule has 2 amide bonds. The fraction of sp³-hybridized carbons (Fsp3) is 0.304. The summed E-state index contributed by atoms with van der Waals surface area (Å²) in [6.07, 6.45) is 0.901. The third-order valence-corrected chi connectivity index (χ3v) is 4.94. The monoisotopic (exact) mass is 424 g/mol. The summed E-state index contributed by atoms with van der Waals surface area (Å²) in [7, 11) is 1.53. The molecule has 8 heteroatoms. The van der Waals surface area contributed by atoms with Crippen molar-refractivity contribution in [2.45, 2.75) is 13.3 Å². The lowest BCUT2D eigenvalue weighted by Crippen LogP contribution is -2.35. The van der Waals surface area contributed by atoms with E-state index in [9.17, 15) is 9.59 Å². The molecule has 0 aliphatic carbocycles. The highest BCUT2D eigenvalue weighted by Crippen LogP contribution is 2.36. The Morgan fingerprint density at radius 1 is 1.00 bits per heavy atom. The number of fused-ring (bicyclic) bond motifs is 1. The lowest BCUT2D eigenvalue weighted by atomic mass is 10.0. The van der Waals surface area contributed by atoms with Gasteiger partial charge in [-0.3, -0.25) is 14.5 Å². The van der Waals surface area contributed by atoms with E-state index in [0.717, 1.165) is 6.42 Å². The van der Waals surface area contributed by atoms with Crippen LogP contribution >= 0.6 is 0 Å². The maximum absolute atomic E-state index is 13.1. The van der Waals surface area contributed by atoms with Crippen molar-refractivity contribution in [3.05, 3.63) is 53.7 Å². The van der Waals surface area contributed by atoms with Gasteiger partial charge in [0.05, 0.1) is 25.3 Å². The fourth-order valence-electron chi connectivity index (χ4n) is 3.40. The first-order chi connectivity index (χ1) is 15.1. The summed E-state index contributed by atoms with van der Waals surface area (Å²) in [5, 5.41) is 3.11. The van der Waals surface area contributed by atoms with E-state index in [1.54, 1.807) is 42.5 Å². The average molecular weight is 424 g/mol. The van der Waals surface area contributed by atoms with Crippen LogP contribution in [0.15, 0.2) is 48.2 Å². The lowest BCUT2D eigenvalue weighted by Gasteiger charge is -2.14. The van der Waals surface area contributed by atoms with E-state index in [2.05, 4.69) is 5.32 Å². The van der Waals surface area contributed by atoms with Gasteiger partial charge in [-0.2, -0.15) is 0 Å². The van der Waals surface area contributed by atoms with E-state index < -0.39 is 5.91 Å². The van der Waals surface area contributed by atoms with E-state index in [1.807, 2.05) is 6.92 Å². The third-order valence-electron chi connectivity index (χ3n) is 4.94. The molecule has 8 nitrogen and oxygen atoms in total. The number of methoxy groups -OCH3 is 1. The van der Waals surface area contributed by atoms with Crippen molar-refractivity contribution in [1.29, 1.82) is 0 Å². The Morgan fingerprint density at radius 3 is 2.52 bits per heavy atom. The van der Waals surface area contributed by atoms with Gasteiger partial charge >= 0.3 is 0 Å². The molecule has 2 aromatic rings. The highest BCUT2D eigenvalue weighted by atomic mass is 16.7. The van der Waals surface area contributed by atoms with Crippen molar-refractivity contribution in [1.82, 2.24) is 4.90 Å². The van der Waals surface area contributed by atoms with Gasteiger partial charge in [0.2, 0.25) is 6.79 Å². The van der Waals surface area contributed by atoms with Crippen LogP contribution in [-0.2, 0) is 14.3 Å². The number of carbonyl (C=O) groups excluding carboxylic acids is 2. The smallest absolute Gasteiger partial charge is 0.278 e. The molecule has 31 heavy (non-hydrogen) atoms. The highest BCUT2D eigenvalue weighted by molar-refractivity contribution is 6.36. The third kappa shape index (κ3) is 4.20. The Labute approximate surface area is 180 Å². The number of benzene rings is 2. The molecule has 0 saturated heterocycles. The maximum Gasteiger partial charge on any atom is 0.278 e. The number of hydrogen-bond donors (Lipinski definition) is 1. The first kappa shape index (κ1) is 20.7. The lowest BCUT2D eigenvalue weighted by molar-refractivity contribution is -0.137. The van der Waals surface area contributed by atoms with Crippen LogP contribution in [0.4, 0.5) is 5.69 Å². The molecule has 0 atom stereocenters. The number of amides is 2. The van der Waals surface area contributed by atoms with Crippen molar-refractivity contribution in [2.75, 3.05) is 39.0 Å². The van der Waals surface area contributed by atoms with Gasteiger partial charge in [0.15, 0.2) is 11.5 Å². The molecule has 0 saturated carbocycles. The topological polar surface area (TPSA) is 86.3 Å². The molecule has 0 unspecified atom stereocenters. The van der Waals surface area contributed by atoms with Crippen LogP contribution in [0.25, 0.3) is 5.57 Å². The minimum Gasteiger partial charge on any atom is -0.494 e. The summed E-state index contributed by atoms with van der Waals surface area (Å²) in [4.78, 5) is 27.4. The number of nitrogens with one attached hydrogen (secondary N) is 1. The minimum atomic E-state index is -0.402. The first-order valence-electron chi connectivity index (χ1n) is 10.1. The zero-order valence-electron chi connectivity index (χ0n) is 17.5. The van der Waals surface area contributed by atoms with Crippen LogP contribution in [-0.4, -0.2) is 50.4 Å². The molecule has 2 aromatic carbocycles. The Kier molecular flexibility index (Phi) is 6.08. The largest absolute Gasteiger partial charge is 0.494 e. The summed E-state index contributed by atoms with van der Waals surface area (Å²) in [5.41, 5.74) is 1.77. The molecule has 2 aliphatic rings. The van der Waals surface area contributed by atoms with Gasteiger partial charge in [-0.1, -0.05) is 19.1 Å². The van der Waals surface area contributed by atoms with E-state index in [1.165, 1.54) is 12.0 Å². The van der Waals surface area contributed by atoms with Gasteiger partial charge in [0.1, 0.15) is 11.4 Å². The summed E-state index contributed by atoms with van der Waals surface area (Å²) in [6, 6.07) is 12.4. The second-order valence-corrected chi connectivity index (χ2v) is 7.07. The number of anilines is 1. The summed E-state index contributed by atoms with van der Waals surface area (Å²) in [5.74, 6) is 1.16. The van der Waals surface area contributed by atoms with Crippen molar-refractivity contribution < 1.29 is 28.5 Å². The molecular formula is C23H24N2O6. The Balaban J connectivity index is 1.67. The van der Waals surface area contributed by atoms with Crippen molar-refractivity contribution in [3.8, 4) is 17.2 Å². The van der Waals surface area contributed by atoms with Crippen molar-refractivity contribution >= 4 is 23.1 Å². The molecule has 2 aliphatic heterocycles. The molecule has 0 bridgehead atoms. The van der Waals surface area contributed by atoms with Gasteiger partial charge in [-0.05, 0) is 36.2 Å². The Morgan fingerprint density at radius 2 is 1.77 bits per heavy atom. The molecule has 4 rings (SSSR count). The molecule has 0 spiro atoms. The number of carbonyl (C=O) groups is 2. The predicted molar refractivity (Wildman–Crippen MR) is 114 cm³/mol. The van der Waals surface area contributed by atoms with Crippen LogP contribution < -0.4 is 19.5 Å². The second-order valence-electron chi connectivity index (χ2n) is 7.07. The summed E-state index contributed by atoms with van der Waals surface area (Å²) in [6.45, 7) is 3.22. The van der Waals surface area contributed by atoms with E-state index in [-0.39, 0.29) is 31.5 Å². The minimum absolute atomic E-state index is 0.154. The second kappa shape index (κ2) is 9.09. The fourth-order valence-corrected chi connectivity index (χ4v) is 3.40. The van der Waals surface area contributed by atoms with Crippen LogP contribution in [0, 0.1) is 0 Å². The average Bonchev–Trinajstić information content (AvgIpc) is 3.34. The molecule has 1 N–H and O–H groups in total. The summed E-state index contributed by atoms with van der Waals surface area (Å²) < 4.78 is 21.4. The predicted octanol–water partition coefficient (Wildman–Crippen LogP) is 3.04. The first-order valence-corrected chi connectivity index (χ1v) is 10.1. The number of imide groups is 1. The molecule has 0 aromatic heterocycles. The maximum atomic E-state index is 13.1. The molecule has 162 valence electrons. The van der Waals surface area contributed by atoms with Crippen molar-refractivity contribution in [2.24, 2.45) is 0 Å². The zero-order chi connectivity index (χ0) is 21.8. The van der Waals surface area contributed by atoms with Gasteiger partial charge in [0, 0.05) is 18.9 Å². The van der Waals surface area contributed by atoms with E-state index in [4.69, 9.17) is 18.9 Å². The van der Waals surface area contributed by atoms with Gasteiger partial charge in [-0.15, -0.1) is 0 Å². The zero-order valence-corrected chi connectivity index (χ0v) is 17.5. The standard InChI is InChI=1S/C23H24N2O6/c1-3-11-29-17-7-4-15(5-8-17)20-21(23(27)25(22(20)26)10-12-28-2)24-16-6-9-18-19(13-16)31-14-30-18/h4-9,13,24H,3,10-12,14H2,1-2H3. The van der Waals surface area contributed by atoms with Crippen molar-refractivity contribution in [3.63, 3.8) is 0 Å². The number of rotatable bonds is 9. The quantitative estimate of drug-likeness (QED) is 0.619. The van der Waals surface area contributed by atoms with E-state index >= 15 is 0 Å². The van der Waals surface area contributed by atoms with Crippen LogP contribution in [0.2, 0.25) is 0 Å². The number of nitrogens with zero attached hydrogens (tertiary/aromatic N) is 1. The summed E-state index contributed by atoms with van der Waals surface area (Å²) >= 11 is 0. The molecule has 0 fully saturated rings. The molecular weight excluding hydrogens is 400 g/mol. The van der Waals surface area contributed by atoms with Crippen LogP contribution in [0.5, 0.6) is 17.2 Å². The van der Waals surface area contributed by atoms with E-state index in [0.29, 0.717) is 40.7 Å². The van der Waals surface area contributed by atoms with Crippen LogP contribution in [0.1, 0.15) is 18.9 Å². The van der Waals surface area contributed by atoms with Gasteiger partial charge < -0.3 is 24.3 Å². The normalized spacial score (nSPS) is 15.1. The number of ether oxygens (including phenoxy) is 4. The molecule has 2 heterocycles. The number of hydrogen-bond acceptors (Lipinski definition) is 7. The van der Waals surface area contributed by atoms with Crippen LogP contribution in [0.3, 0.4) is 0 Å². The Hall–Kier alpha value is -3.52. The SMILES string of the molecule is CCCOc1ccc(C2=C(Nc3ccc4c(c3)OCO4)C(=O)N(CCOC)C2=O)cc1. The molecule has 0 radical (unpaired) electrons. The highest BCUT2D eigenvalue weighted by Gasteiger charge is 2.39.